The lowest BCUT2D eigenvalue weighted by molar-refractivity contribution is -0.123. The van der Waals surface area contributed by atoms with Crippen LogP contribution in [0.5, 0.6) is 23.1 Å². The molecule has 0 aliphatic heterocycles. The van der Waals surface area contributed by atoms with E-state index in [9.17, 15) is 18.4 Å². The Kier molecular flexibility index (Phi) is 9.01. The lowest BCUT2D eigenvalue weighted by Gasteiger charge is -2.17. The highest BCUT2D eigenvalue weighted by Crippen LogP contribution is 2.37. The quantitative estimate of drug-likeness (QED) is 0.230. The van der Waals surface area contributed by atoms with Crippen LogP contribution < -0.4 is 30.0 Å². The molecule has 0 atom stereocenters. The van der Waals surface area contributed by atoms with Gasteiger partial charge in [-0.1, -0.05) is 17.7 Å². The van der Waals surface area contributed by atoms with Gasteiger partial charge >= 0.3 is 5.69 Å². The maximum absolute atomic E-state index is 14.6. The van der Waals surface area contributed by atoms with E-state index in [1.54, 1.807) is 6.07 Å². The number of amides is 1. The van der Waals surface area contributed by atoms with Crippen molar-refractivity contribution in [1.29, 1.82) is 0 Å². The number of aromatic nitrogens is 4. The molecule has 0 aliphatic carbocycles. The van der Waals surface area contributed by atoms with E-state index < -0.39 is 30.7 Å². The van der Waals surface area contributed by atoms with E-state index in [2.05, 4.69) is 20.3 Å². The average molecular weight is 580 g/mol. The van der Waals surface area contributed by atoms with Crippen molar-refractivity contribution in [2.45, 2.75) is 13.3 Å². The van der Waals surface area contributed by atoms with Crippen LogP contribution in [0.4, 0.5) is 8.78 Å². The number of benzene rings is 2. The summed E-state index contributed by atoms with van der Waals surface area (Å²) in [6, 6.07) is 6.89. The summed E-state index contributed by atoms with van der Waals surface area (Å²) in [6.07, 6.45) is 0. The predicted molar refractivity (Wildman–Crippen MR) is 139 cm³/mol. The van der Waals surface area contributed by atoms with Crippen LogP contribution in [0.25, 0.3) is 16.9 Å². The zero-order chi connectivity index (χ0) is 28.8. The molecule has 0 bridgehead atoms. The van der Waals surface area contributed by atoms with Crippen LogP contribution >= 0.6 is 11.6 Å². The molecule has 12 nitrogen and oxygen atoms in total. The second-order valence-corrected chi connectivity index (χ2v) is 8.48. The first kappa shape index (κ1) is 28.6. The lowest BCUT2D eigenvalue weighted by atomic mass is 10.2. The number of methoxy groups -OCH3 is 2. The van der Waals surface area contributed by atoms with Crippen molar-refractivity contribution in [3.05, 3.63) is 63.0 Å². The Bertz CT molecular complexity index is 1590. The number of H-pyrrole nitrogens is 1. The maximum Gasteiger partial charge on any atom is 0.332 e. The van der Waals surface area contributed by atoms with E-state index in [-0.39, 0.29) is 76.1 Å². The van der Waals surface area contributed by atoms with Crippen molar-refractivity contribution in [3.8, 4) is 28.8 Å². The molecule has 1 amide bonds. The molecule has 4 rings (SSSR count). The van der Waals surface area contributed by atoms with Gasteiger partial charge in [-0.15, -0.1) is 0 Å². The first-order chi connectivity index (χ1) is 19.3. The first-order valence-corrected chi connectivity index (χ1v) is 12.1. The Hall–Kier alpha value is -4.43. The molecule has 0 aliphatic rings. The van der Waals surface area contributed by atoms with Gasteiger partial charge in [0.05, 0.1) is 37.1 Å². The van der Waals surface area contributed by atoms with E-state index in [4.69, 9.17) is 35.7 Å². The van der Waals surface area contributed by atoms with E-state index >= 15 is 0 Å². The zero-order valence-electron chi connectivity index (χ0n) is 21.3. The largest absolute Gasteiger partial charge is 0.496 e. The number of carbonyl (C=O) groups is 1. The highest BCUT2D eigenvalue weighted by Gasteiger charge is 2.22. The van der Waals surface area contributed by atoms with Crippen molar-refractivity contribution in [2.24, 2.45) is 0 Å². The van der Waals surface area contributed by atoms with E-state index in [0.717, 1.165) is 4.57 Å². The second kappa shape index (κ2) is 12.6. The topological polar surface area (TPSA) is 150 Å². The standard InChI is InChI=1S/C25H24ClF2N5O7/c1-37-17-5-3-4-15(28)13(17)11-39-19-9-16(14(26)8-18(19)40-12-21(35)29-6-7-34)33-23-22(32-25(33)36)24(38-2)31-20(10-27)30-23/h3-5,8-9,34H,6-7,10-12H2,1-2H3,(H,29,35)(H,32,36). The zero-order valence-corrected chi connectivity index (χ0v) is 22.1. The molecule has 0 unspecified atom stereocenters. The summed E-state index contributed by atoms with van der Waals surface area (Å²) in [4.78, 5) is 35.6. The van der Waals surface area contributed by atoms with Crippen molar-refractivity contribution < 1.29 is 37.6 Å². The van der Waals surface area contributed by atoms with Gasteiger partial charge in [0.25, 0.3) is 5.91 Å². The van der Waals surface area contributed by atoms with Crippen molar-refractivity contribution >= 4 is 28.7 Å². The van der Waals surface area contributed by atoms with Crippen LogP contribution in [0.3, 0.4) is 0 Å². The number of nitrogens with zero attached hydrogens (tertiary/aromatic N) is 3. The maximum atomic E-state index is 14.6. The molecule has 2 aromatic carbocycles. The number of halogens is 3. The molecule has 0 spiro atoms. The molecule has 4 aromatic rings. The van der Waals surface area contributed by atoms with Gasteiger partial charge in [-0.2, -0.15) is 4.98 Å². The van der Waals surface area contributed by atoms with Gasteiger partial charge in [0, 0.05) is 18.7 Å². The summed E-state index contributed by atoms with van der Waals surface area (Å²) < 4.78 is 50.9. The smallest absolute Gasteiger partial charge is 0.332 e. The predicted octanol–water partition coefficient (Wildman–Crippen LogP) is 2.45. The Labute approximate surface area is 230 Å². The number of rotatable bonds is 12. The van der Waals surface area contributed by atoms with E-state index in [1.807, 2.05) is 0 Å². The number of imidazole rings is 1. The number of carbonyl (C=O) groups excluding carboxylic acids is 1. The van der Waals surface area contributed by atoms with Gasteiger partial charge in [0.15, 0.2) is 29.6 Å². The number of aliphatic hydroxyl groups excluding tert-OH is 1. The molecule has 40 heavy (non-hydrogen) atoms. The van der Waals surface area contributed by atoms with Crippen LogP contribution in [0.2, 0.25) is 5.02 Å². The molecule has 0 saturated heterocycles. The lowest BCUT2D eigenvalue weighted by Crippen LogP contribution is -2.31. The number of hydrogen-bond acceptors (Lipinski definition) is 9. The molecule has 3 N–H and O–H groups in total. The summed E-state index contributed by atoms with van der Waals surface area (Å²) in [5, 5.41) is 11.3. The fraction of sp³-hybridized carbons (Fsp3) is 0.280. The third-order valence-electron chi connectivity index (χ3n) is 5.58. The number of fused-ring (bicyclic) bond motifs is 1. The van der Waals surface area contributed by atoms with Gasteiger partial charge in [0.2, 0.25) is 5.88 Å². The van der Waals surface area contributed by atoms with Crippen LogP contribution in [0, 0.1) is 5.82 Å². The van der Waals surface area contributed by atoms with E-state index in [1.165, 1.54) is 38.5 Å². The Morgan fingerprint density at radius 2 is 1.93 bits per heavy atom. The number of hydrogen-bond donors (Lipinski definition) is 3. The molecule has 2 aromatic heterocycles. The first-order valence-electron chi connectivity index (χ1n) is 11.7. The fourth-order valence-electron chi connectivity index (χ4n) is 3.76. The normalized spacial score (nSPS) is 10.9. The van der Waals surface area contributed by atoms with Crippen LogP contribution in [-0.4, -0.2) is 64.5 Å². The third-order valence-corrected chi connectivity index (χ3v) is 5.88. The Morgan fingerprint density at radius 3 is 2.62 bits per heavy atom. The van der Waals surface area contributed by atoms with Crippen molar-refractivity contribution in [3.63, 3.8) is 0 Å². The second-order valence-electron chi connectivity index (χ2n) is 8.07. The number of ether oxygens (including phenoxy) is 4. The summed E-state index contributed by atoms with van der Waals surface area (Å²) >= 11 is 6.53. The van der Waals surface area contributed by atoms with Crippen molar-refractivity contribution in [1.82, 2.24) is 24.8 Å². The number of aromatic amines is 1. The van der Waals surface area contributed by atoms with Gasteiger partial charge in [-0.3, -0.25) is 9.78 Å². The van der Waals surface area contributed by atoms with Gasteiger partial charge in [-0.05, 0) is 12.1 Å². The number of alkyl halides is 1. The van der Waals surface area contributed by atoms with E-state index in [0.29, 0.717) is 0 Å². The van der Waals surface area contributed by atoms with Crippen LogP contribution in [0.15, 0.2) is 35.1 Å². The fourth-order valence-corrected chi connectivity index (χ4v) is 4.00. The molecular weight excluding hydrogens is 556 g/mol. The molecular formula is C25H24ClF2N5O7. The summed E-state index contributed by atoms with van der Waals surface area (Å²) in [6.45, 7) is -2.05. The van der Waals surface area contributed by atoms with Gasteiger partial charge < -0.3 is 29.4 Å². The third kappa shape index (κ3) is 5.92. The van der Waals surface area contributed by atoms with Gasteiger partial charge in [0.1, 0.15) is 30.4 Å². The minimum atomic E-state index is -1.02. The van der Waals surface area contributed by atoms with Crippen LogP contribution in [-0.2, 0) is 18.1 Å². The molecule has 0 radical (unpaired) electrons. The molecule has 15 heteroatoms. The van der Waals surface area contributed by atoms with Crippen molar-refractivity contribution in [2.75, 3.05) is 34.0 Å². The highest BCUT2D eigenvalue weighted by molar-refractivity contribution is 6.32. The monoisotopic (exact) mass is 579 g/mol. The Morgan fingerprint density at radius 1 is 1.15 bits per heavy atom. The van der Waals surface area contributed by atoms with Gasteiger partial charge in [-0.25, -0.2) is 23.1 Å². The molecule has 212 valence electrons. The van der Waals surface area contributed by atoms with Crippen LogP contribution in [0.1, 0.15) is 11.4 Å². The molecule has 2 heterocycles. The number of nitrogens with one attached hydrogen (secondary N) is 2. The molecule has 0 saturated carbocycles. The minimum Gasteiger partial charge on any atom is -0.496 e. The molecule has 0 fully saturated rings. The highest BCUT2D eigenvalue weighted by atomic mass is 35.5. The minimum absolute atomic E-state index is 0.00671. The average Bonchev–Trinajstić information content (AvgIpc) is 3.29. The summed E-state index contributed by atoms with van der Waals surface area (Å²) in [7, 11) is 2.68. The number of aliphatic hydroxyl groups is 1. The Balaban J connectivity index is 1.81. The summed E-state index contributed by atoms with van der Waals surface area (Å²) in [5.74, 6) is -1.20. The summed E-state index contributed by atoms with van der Waals surface area (Å²) in [5.41, 5.74) is -0.469. The SMILES string of the molecule is COc1cccc(F)c1COc1cc(-n2c(=O)[nH]c3c(OC)nc(CF)nc32)c(Cl)cc1OCC(=O)NCCO.